The van der Waals surface area contributed by atoms with Crippen LogP contribution < -0.4 is 10.2 Å². The molecule has 0 bridgehead atoms. The van der Waals surface area contributed by atoms with E-state index in [4.69, 9.17) is 0 Å². The van der Waals surface area contributed by atoms with Gasteiger partial charge in [0.15, 0.2) is 0 Å². The highest BCUT2D eigenvalue weighted by molar-refractivity contribution is 9.10. The van der Waals surface area contributed by atoms with Crippen LogP contribution in [0.2, 0.25) is 0 Å². The Labute approximate surface area is 160 Å². The van der Waals surface area contributed by atoms with Crippen LogP contribution in [-0.4, -0.2) is 5.91 Å². The molecule has 0 saturated carbocycles. The van der Waals surface area contributed by atoms with Gasteiger partial charge in [-0.15, -0.1) is 0 Å². The van der Waals surface area contributed by atoms with E-state index in [1.165, 1.54) is 0 Å². The summed E-state index contributed by atoms with van der Waals surface area (Å²) in [6, 6.07) is 24.4. The van der Waals surface area contributed by atoms with E-state index in [2.05, 4.69) is 56.5 Å². The first-order chi connectivity index (χ1) is 12.7. The van der Waals surface area contributed by atoms with Crippen LogP contribution in [0.5, 0.6) is 0 Å². The third kappa shape index (κ3) is 2.30. The predicted octanol–water partition coefficient (Wildman–Crippen LogP) is 5.21. The maximum Gasteiger partial charge on any atom is 0.255 e. The molecule has 0 unspecified atom stereocenters. The van der Waals surface area contributed by atoms with Gasteiger partial charge in [0.25, 0.3) is 5.91 Å². The van der Waals surface area contributed by atoms with E-state index in [1.54, 1.807) is 0 Å². The van der Waals surface area contributed by atoms with Gasteiger partial charge in [0.2, 0.25) is 0 Å². The summed E-state index contributed by atoms with van der Waals surface area (Å²) < 4.78 is 0.896. The molecule has 3 nitrogen and oxygen atoms in total. The van der Waals surface area contributed by atoms with Crippen LogP contribution in [0.15, 0.2) is 77.3 Å². The lowest BCUT2D eigenvalue weighted by Gasteiger charge is -2.43. The lowest BCUT2D eigenvalue weighted by atomic mass is 9.92. The summed E-state index contributed by atoms with van der Waals surface area (Å²) in [6.07, 6.45) is 1.98. The minimum atomic E-state index is -0.215. The first-order valence-electron chi connectivity index (χ1n) is 8.48. The largest absolute Gasteiger partial charge is 0.327 e. The van der Waals surface area contributed by atoms with E-state index >= 15 is 0 Å². The van der Waals surface area contributed by atoms with Crippen LogP contribution in [0.4, 0.5) is 5.69 Å². The Balaban J connectivity index is 1.79. The lowest BCUT2D eigenvalue weighted by Crippen LogP contribution is -2.47. The minimum absolute atomic E-state index is 0.0494. The third-order valence-electron chi connectivity index (χ3n) is 4.90. The molecular formula is C22H15BrN2O. The van der Waals surface area contributed by atoms with Gasteiger partial charge in [0.1, 0.15) is 6.17 Å². The summed E-state index contributed by atoms with van der Waals surface area (Å²) in [6.45, 7) is 0. The summed E-state index contributed by atoms with van der Waals surface area (Å²) in [5.41, 5.74) is 6.04. The smallest absolute Gasteiger partial charge is 0.255 e. The molecule has 0 radical (unpaired) electrons. The van der Waals surface area contributed by atoms with E-state index in [-0.39, 0.29) is 12.1 Å². The molecule has 2 heterocycles. The molecule has 0 fully saturated rings. The Morgan fingerprint density at radius 2 is 1.69 bits per heavy atom. The highest BCUT2D eigenvalue weighted by Gasteiger charge is 2.37. The number of halogens is 1. The van der Waals surface area contributed by atoms with E-state index < -0.39 is 0 Å². The van der Waals surface area contributed by atoms with Gasteiger partial charge < -0.3 is 10.2 Å². The SMILES string of the molecule is O=C1N[C@@H]2c3ccccc3C=C(c3ccccc3)N2c2ccc(Br)cc21. The number of nitrogens with zero attached hydrogens (tertiary/aromatic N) is 1. The lowest BCUT2D eigenvalue weighted by molar-refractivity contribution is 0.0929. The van der Waals surface area contributed by atoms with E-state index in [9.17, 15) is 4.79 Å². The second-order valence-corrected chi connectivity index (χ2v) is 7.35. The van der Waals surface area contributed by atoms with Crippen molar-refractivity contribution in [3.05, 3.63) is 99.5 Å². The molecule has 26 heavy (non-hydrogen) atoms. The maximum atomic E-state index is 12.8. The molecule has 0 aliphatic carbocycles. The molecule has 3 aromatic carbocycles. The van der Waals surface area contributed by atoms with Gasteiger partial charge >= 0.3 is 0 Å². The predicted molar refractivity (Wildman–Crippen MR) is 108 cm³/mol. The van der Waals surface area contributed by atoms with Crippen molar-refractivity contribution in [3.8, 4) is 0 Å². The zero-order chi connectivity index (χ0) is 17.7. The molecule has 126 valence electrons. The molecule has 3 aromatic rings. The van der Waals surface area contributed by atoms with Crippen molar-refractivity contribution in [1.82, 2.24) is 5.32 Å². The zero-order valence-electron chi connectivity index (χ0n) is 13.8. The number of hydrogen-bond donors (Lipinski definition) is 1. The second-order valence-electron chi connectivity index (χ2n) is 6.43. The maximum absolute atomic E-state index is 12.8. The minimum Gasteiger partial charge on any atom is -0.327 e. The molecule has 1 amide bonds. The monoisotopic (exact) mass is 402 g/mol. The molecule has 5 rings (SSSR count). The Morgan fingerprint density at radius 3 is 2.54 bits per heavy atom. The van der Waals surface area contributed by atoms with Crippen molar-refractivity contribution >= 4 is 39.3 Å². The number of hydrogen-bond acceptors (Lipinski definition) is 2. The quantitative estimate of drug-likeness (QED) is 0.605. The number of nitrogens with one attached hydrogen (secondary N) is 1. The highest BCUT2D eigenvalue weighted by atomic mass is 79.9. The first-order valence-corrected chi connectivity index (χ1v) is 9.27. The standard InChI is InChI=1S/C22H15BrN2O/c23-16-10-11-19-18(13-16)22(26)24-21-17-9-5-4-8-15(17)12-20(25(19)21)14-6-2-1-3-7-14/h1-13,21H,(H,24,26)/t21-/m0/s1. The normalized spacial score (nSPS) is 17.6. The number of rotatable bonds is 1. The average molecular weight is 403 g/mol. The summed E-state index contributed by atoms with van der Waals surface area (Å²) in [5, 5.41) is 3.18. The third-order valence-corrected chi connectivity index (χ3v) is 5.39. The summed E-state index contributed by atoms with van der Waals surface area (Å²) in [7, 11) is 0. The van der Waals surface area contributed by atoms with Gasteiger partial charge in [0, 0.05) is 10.0 Å². The molecule has 1 N–H and O–H groups in total. The van der Waals surface area contributed by atoms with E-state index in [0.717, 1.165) is 32.5 Å². The Hall–Kier alpha value is -2.85. The van der Waals surface area contributed by atoms with Crippen molar-refractivity contribution < 1.29 is 4.79 Å². The van der Waals surface area contributed by atoms with Crippen LogP contribution in [0.25, 0.3) is 11.8 Å². The van der Waals surface area contributed by atoms with Gasteiger partial charge in [-0.05, 0) is 35.4 Å². The van der Waals surface area contributed by atoms with Crippen LogP contribution in [0, 0.1) is 0 Å². The fraction of sp³-hybridized carbons (Fsp3) is 0.0455. The number of carbonyl (C=O) groups excluding carboxylic acids is 1. The molecule has 2 aliphatic heterocycles. The number of amides is 1. The fourth-order valence-corrected chi connectivity index (χ4v) is 4.09. The zero-order valence-corrected chi connectivity index (χ0v) is 15.4. The molecule has 2 aliphatic rings. The molecule has 0 aromatic heterocycles. The fourth-order valence-electron chi connectivity index (χ4n) is 3.73. The van der Waals surface area contributed by atoms with E-state index in [0.29, 0.717) is 5.56 Å². The number of anilines is 1. The van der Waals surface area contributed by atoms with Gasteiger partial charge in [-0.2, -0.15) is 0 Å². The number of benzene rings is 3. The topological polar surface area (TPSA) is 32.3 Å². The van der Waals surface area contributed by atoms with Gasteiger partial charge in [-0.1, -0.05) is 70.5 Å². The number of carbonyl (C=O) groups is 1. The molecule has 0 saturated heterocycles. The van der Waals surface area contributed by atoms with Gasteiger partial charge in [-0.25, -0.2) is 0 Å². The van der Waals surface area contributed by atoms with Crippen molar-refractivity contribution in [2.75, 3.05) is 4.90 Å². The van der Waals surface area contributed by atoms with Crippen LogP contribution in [0.3, 0.4) is 0 Å². The summed E-state index contributed by atoms with van der Waals surface area (Å²) in [5.74, 6) is -0.0494. The molecule has 4 heteroatoms. The van der Waals surface area contributed by atoms with Crippen LogP contribution in [-0.2, 0) is 0 Å². The van der Waals surface area contributed by atoms with E-state index in [1.807, 2.05) is 48.5 Å². The van der Waals surface area contributed by atoms with Gasteiger partial charge in [0.05, 0.1) is 16.9 Å². The Kier molecular flexibility index (Phi) is 3.47. The van der Waals surface area contributed by atoms with Crippen molar-refractivity contribution in [3.63, 3.8) is 0 Å². The summed E-state index contributed by atoms with van der Waals surface area (Å²) >= 11 is 3.48. The van der Waals surface area contributed by atoms with Crippen molar-refractivity contribution in [2.45, 2.75) is 6.17 Å². The molecular weight excluding hydrogens is 388 g/mol. The van der Waals surface area contributed by atoms with Gasteiger partial charge in [-0.3, -0.25) is 4.79 Å². The van der Waals surface area contributed by atoms with Crippen molar-refractivity contribution in [1.29, 1.82) is 0 Å². The molecule has 1 atom stereocenters. The average Bonchev–Trinajstić information content (AvgIpc) is 2.68. The first kappa shape index (κ1) is 15.4. The Morgan fingerprint density at radius 1 is 0.923 bits per heavy atom. The second kappa shape index (κ2) is 5.85. The Bertz CT molecular complexity index is 1060. The highest BCUT2D eigenvalue weighted by Crippen LogP contribution is 2.44. The molecule has 0 spiro atoms. The van der Waals surface area contributed by atoms with Crippen molar-refractivity contribution in [2.24, 2.45) is 0 Å². The van der Waals surface area contributed by atoms with Crippen LogP contribution >= 0.6 is 15.9 Å². The van der Waals surface area contributed by atoms with Crippen LogP contribution in [0.1, 0.15) is 33.2 Å². The number of fused-ring (bicyclic) bond motifs is 5. The summed E-state index contributed by atoms with van der Waals surface area (Å²) in [4.78, 5) is 15.0.